The molecular formula is C9H13ClN4O2. The molecule has 1 aromatic rings. The van der Waals surface area contributed by atoms with Crippen LogP contribution in [0.3, 0.4) is 0 Å². The quantitative estimate of drug-likeness (QED) is 0.714. The van der Waals surface area contributed by atoms with Gasteiger partial charge in [0, 0.05) is 18.3 Å². The summed E-state index contributed by atoms with van der Waals surface area (Å²) < 4.78 is 5.20. The van der Waals surface area contributed by atoms with Crippen molar-refractivity contribution in [3.8, 4) is 0 Å². The Morgan fingerprint density at radius 2 is 2.31 bits per heavy atom. The number of aryl methyl sites for hydroxylation is 1. The minimum atomic E-state index is -0.0559. The van der Waals surface area contributed by atoms with Crippen molar-refractivity contribution in [3.63, 3.8) is 0 Å². The summed E-state index contributed by atoms with van der Waals surface area (Å²) in [6.45, 7) is 0.152. The Bertz CT molecular complexity index is 364. The fraction of sp³-hybridized carbons (Fsp3) is 0.667. The summed E-state index contributed by atoms with van der Waals surface area (Å²) in [6, 6.07) is 0.620. The average Bonchev–Trinajstić information content (AvgIpc) is 2.95. The summed E-state index contributed by atoms with van der Waals surface area (Å²) in [5, 5.41) is 13.1. The molecule has 16 heavy (non-hydrogen) atoms. The Balaban J connectivity index is 1.72. The number of amides is 1. The number of aromatic nitrogens is 2. The summed E-state index contributed by atoms with van der Waals surface area (Å²) in [7, 11) is 0. The van der Waals surface area contributed by atoms with Gasteiger partial charge in [-0.1, -0.05) is 5.10 Å². The van der Waals surface area contributed by atoms with Gasteiger partial charge in [0.25, 0.3) is 0 Å². The van der Waals surface area contributed by atoms with Gasteiger partial charge in [-0.2, -0.15) is 0 Å². The summed E-state index contributed by atoms with van der Waals surface area (Å²) in [5.41, 5.74) is 0. The summed E-state index contributed by atoms with van der Waals surface area (Å²) in [5.74, 6) is 0.851. The van der Waals surface area contributed by atoms with Gasteiger partial charge in [-0.3, -0.25) is 4.79 Å². The van der Waals surface area contributed by atoms with Crippen LogP contribution in [-0.2, 0) is 11.2 Å². The molecule has 6 nitrogen and oxygen atoms in total. The molecule has 0 bridgehead atoms. The van der Waals surface area contributed by atoms with Crippen molar-refractivity contribution in [3.05, 3.63) is 5.89 Å². The zero-order valence-corrected chi connectivity index (χ0v) is 9.46. The Morgan fingerprint density at radius 3 is 3.00 bits per heavy atom. The molecule has 0 atom stereocenters. The molecular weight excluding hydrogens is 232 g/mol. The van der Waals surface area contributed by atoms with E-state index in [0.717, 1.165) is 12.8 Å². The van der Waals surface area contributed by atoms with E-state index in [4.69, 9.17) is 16.0 Å². The van der Waals surface area contributed by atoms with Gasteiger partial charge >= 0.3 is 6.01 Å². The molecule has 0 aliphatic heterocycles. The van der Waals surface area contributed by atoms with Crippen molar-refractivity contribution >= 4 is 23.5 Å². The van der Waals surface area contributed by atoms with Crippen molar-refractivity contribution in [2.24, 2.45) is 0 Å². The second-order valence-corrected chi connectivity index (χ2v) is 4.01. The Morgan fingerprint density at radius 1 is 1.50 bits per heavy atom. The van der Waals surface area contributed by atoms with Gasteiger partial charge in [0.15, 0.2) is 0 Å². The molecule has 2 N–H and O–H groups in total. The summed E-state index contributed by atoms with van der Waals surface area (Å²) >= 11 is 5.52. The fourth-order valence-corrected chi connectivity index (χ4v) is 1.33. The molecule has 7 heteroatoms. The molecule has 1 heterocycles. The molecule has 0 radical (unpaired) electrons. The summed E-state index contributed by atoms with van der Waals surface area (Å²) in [4.78, 5) is 11.3. The van der Waals surface area contributed by atoms with Crippen molar-refractivity contribution in [2.75, 3.05) is 17.7 Å². The van der Waals surface area contributed by atoms with Gasteiger partial charge in [0.2, 0.25) is 11.8 Å². The van der Waals surface area contributed by atoms with Gasteiger partial charge in [0.05, 0.1) is 6.54 Å². The van der Waals surface area contributed by atoms with Crippen LogP contribution in [0.15, 0.2) is 4.42 Å². The van der Waals surface area contributed by atoms with Crippen LogP contribution in [0.2, 0.25) is 0 Å². The van der Waals surface area contributed by atoms with Crippen LogP contribution in [0, 0.1) is 0 Å². The number of rotatable bonds is 6. The Labute approximate surface area is 97.7 Å². The molecule has 0 unspecified atom stereocenters. The fourth-order valence-electron chi connectivity index (χ4n) is 1.17. The van der Waals surface area contributed by atoms with Gasteiger partial charge < -0.3 is 15.1 Å². The molecule has 0 aromatic carbocycles. The van der Waals surface area contributed by atoms with E-state index >= 15 is 0 Å². The zero-order valence-electron chi connectivity index (χ0n) is 8.70. The van der Waals surface area contributed by atoms with Crippen LogP contribution in [0.1, 0.15) is 18.7 Å². The normalized spacial score (nSPS) is 14.8. The van der Waals surface area contributed by atoms with E-state index in [-0.39, 0.29) is 18.5 Å². The van der Waals surface area contributed by atoms with Crippen LogP contribution < -0.4 is 10.6 Å². The second-order valence-electron chi connectivity index (χ2n) is 3.64. The van der Waals surface area contributed by atoms with Crippen molar-refractivity contribution in [1.29, 1.82) is 0 Å². The van der Waals surface area contributed by atoms with E-state index in [1.807, 2.05) is 0 Å². The third-order valence-corrected chi connectivity index (χ3v) is 2.31. The number of nitrogens with one attached hydrogen (secondary N) is 2. The SMILES string of the molecule is O=C(CNc1nnc(CCCl)o1)NC1CC1. The summed E-state index contributed by atoms with van der Waals surface area (Å²) in [6.07, 6.45) is 2.68. The number of hydrogen-bond acceptors (Lipinski definition) is 5. The first-order valence-electron chi connectivity index (χ1n) is 5.19. The molecule has 1 aromatic heterocycles. The van der Waals surface area contributed by atoms with E-state index in [9.17, 15) is 4.79 Å². The van der Waals surface area contributed by atoms with Gasteiger partial charge in [-0.05, 0) is 12.8 Å². The first-order valence-corrected chi connectivity index (χ1v) is 5.73. The van der Waals surface area contributed by atoms with E-state index in [2.05, 4.69) is 20.8 Å². The highest BCUT2D eigenvalue weighted by Crippen LogP contribution is 2.18. The number of anilines is 1. The minimum Gasteiger partial charge on any atom is -0.408 e. The molecule has 1 saturated carbocycles. The van der Waals surface area contributed by atoms with Crippen LogP contribution in [0.4, 0.5) is 6.01 Å². The monoisotopic (exact) mass is 244 g/mol. The van der Waals surface area contributed by atoms with Gasteiger partial charge in [0.1, 0.15) is 0 Å². The lowest BCUT2D eigenvalue weighted by molar-refractivity contribution is -0.119. The smallest absolute Gasteiger partial charge is 0.315 e. The lowest BCUT2D eigenvalue weighted by Gasteiger charge is -2.02. The second kappa shape index (κ2) is 5.16. The lowest BCUT2D eigenvalue weighted by atomic mass is 10.5. The highest BCUT2D eigenvalue weighted by molar-refractivity contribution is 6.17. The average molecular weight is 245 g/mol. The molecule has 0 saturated heterocycles. The van der Waals surface area contributed by atoms with Crippen LogP contribution in [-0.4, -0.2) is 34.6 Å². The van der Waals surface area contributed by atoms with Crippen molar-refractivity contribution in [1.82, 2.24) is 15.5 Å². The lowest BCUT2D eigenvalue weighted by Crippen LogP contribution is -2.31. The molecule has 1 aliphatic rings. The number of nitrogens with zero attached hydrogens (tertiary/aromatic N) is 2. The van der Waals surface area contributed by atoms with E-state index in [1.165, 1.54) is 0 Å². The van der Waals surface area contributed by atoms with Gasteiger partial charge in [-0.15, -0.1) is 16.7 Å². The standard InChI is InChI=1S/C9H13ClN4O2/c10-4-3-8-13-14-9(16-8)11-5-7(15)12-6-1-2-6/h6H,1-5H2,(H,11,14)(H,12,15). The Kier molecular flexibility index (Phi) is 3.61. The number of hydrogen-bond donors (Lipinski definition) is 2. The van der Waals surface area contributed by atoms with E-state index in [1.54, 1.807) is 0 Å². The maximum absolute atomic E-state index is 11.3. The molecule has 1 aliphatic carbocycles. The predicted molar refractivity (Wildman–Crippen MR) is 58.4 cm³/mol. The molecule has 88 valence electrons. The third kappa shape index (κ3) is 3.37. The van der Waals surface area contributed by atoms with Crippen LogP contribution in [0.25, 0.3) is 0 Å². The first kappa shape index (κ1) is 11.2. The highest BCUT2D eigenvalue weighted by Gasteiger charge is 2.23. The van der Waals surface area contributed by atoms with Crippen molar-refractivity contribution in [2.45, 2.75) is 25.3 Å². The maximum atomic E-state index is 11.3. The zero-order chi connectivity index (χ0) is 11.4. The topological polar surface area (TPSA) is 80.1 Å². The minimum absolute atomic E-state index is 0.0559. The molecule has 1 fully saturated rings. The molecule has 2 rings (SSSR count). The number of carbonyl (C=O) groups excluding carboxylic acids is 1. The van der Waals surface area contributed by atoms with E-state index < -0.39 is 0 Å². The van der Waals surface area contributed by atoms with Crippen LogP contribution >= 0.6 is 11.6 Å². The van der Waals surface area contributed by atoms with Crippen molar-refractivity contribution < 1.29 is 9.21 Å². The highest BCUT2D eigenvalue weighted by atomic mass is 35.5. The Hall–Kier alpha value is -1.30. The van der Waals surface area contributed by atoms with Gasteiger partial charge in [-0.25, -0.2) is 0 Å². The first-order chi connectivity index (χ1) is 7.78. The van der Waals surface area contributed by atoms with Crippen LogP contribution in [0.5, 0.6) is 0 Å². The predicted octanol–water partition coefficient (Wildman–Crippen LogP) is 0.541. The largest absolute Gasteiger partial charge is 0.408 e. The number of halogens is 1. The number of carbonyl (C=O) groups is 1. The molecule has 0 spiro atoms. The maximum Gasteiger partial charge on any atom is 0.315 e. The third-order valence-electron chi connectivity index (χ3n) is 2.12. The molecule has 1 amide bonds. The van der Waals surface area contributed by atoms with E-state index in [0.29, 0.717) is 24.2 Å². The number of alkyl halides is 1.